The summed E-state index contributed by atoms with van der Waals surface area (Å²) >= 11 is 0. The Bertz CT molecular complexity index is 1440. The zero-order valence-corrected chi connectivity index (χ0v) is 19.0. The monoisotopic (exact) mass is 481 g/mol. The largest absolute Gasteiger partial charge is 0.493 e. The van der Waals surface area contributed by atoms with Crippen LogP contribution in [0.2, 0.25) is 0 Å². The molecule has 3 N–H and O–H groups in total. The maximum atomic E-state index is 14.0. The average Bonchev–Trinajstić information content (AvgIpc) is 3.29. The van der Waals surface area contributed by atoms with Crippen LogP contribution in [0.3, 0.4) is 0 Å². The average molecular weight is 481 g/mol. The Hall–Kier alpha value is -4.54. The normalized spacial score (nSPS) is 10.8. The molecule has 11 heteroatoms. The molecule has 0 aliphatic rings. The van der Waals surface area contributed by atoms with E-state index in [4.69, 9.17) is 9.47 Å². The number of nitrogens with zero attached hydrogens (tertiary/aromatic N) is 2. The van der Waals surface area contributed by atoms with E-state index in [2.05, 4.69) is 25.8 Å². The van der Waals surface area contributed by atoms with Gasteiger partial charge < -0.3 is 20.1 Å². The van der Waals surface area contributed by atoms with Gasteiger partial charge in [-0.25, -0.2) is 13.8 Å². The molecule has 2 amide bonds. The highest BCUT2D eigenvalue weighted by molar-refractivity contribution is 6.05. The molecule has 4 rings (SSSR count). The Morgan fingerprint density at radius 3 is 2.54 bits per heavy atom. The van der Waals surface area contributed by atoms with E-state index >= 15 is 0 Å². The van der Waals surface area contributed by atoms with Crippen LogP contribution in [0.15, 0.2) is 42.6 Å². The van der Waals surface area contributed by atoms with Gasteiger partial charge in [0.1, 0.15) is 11.4 Å². The highest BCUT2D eigenvalue weighted by Crippen LogP contribution is 2.28. The van der Waals surface area contributed by atoms with Gasteiger partial charge in [0, 0.05) is 42.4 Å². The highest BCUT2D eigenvalue weighted by atomic mass is 19.1. The second-order valence-electron chi connectivity index (χ2n) is 7.46. The Labute approximate surface area is 198 Å². The Balaban J connectivity index is 1.63. The lowest BCUT2D eigenvalue weighted by Gasteiger charge is -2.13. The number of nitrogens with one attached hydrogen (secondary N) is 3. The third-order valence-corrected chi connectivity index (χ3v) is 5.36. The second-order valence-corrected chi connectivity index (χ2v) is 7.46. The molecule has 0 aliphatic heterocycles. The van der Waals surface area contributed by atoms with Crippen molar-refractivity contribution in [3.63, 3.8) is 0 Å². The maximum Gasteiger partial charge on any atom is 0.272 e. The fourth-order valence-corrected chi connectivity index (χ4v) is 3.67. The molecule has 2 aromatic carbocycles. The lowest BCUT2D eigenvalue weighted by atomic mass is 10.0. The number of aromatic amines is 1. The first-order valence-electron chi connectivity index (χ1n) is 10.4. The summed E-state index contributed by atoms with van der Waals surface area (Å²) < 4.78 is 37.8. The van der Waals surface area contributed by atoms with E-state index in [-0.39, 0.29) is 40.9 Å². The van der Waals surface area contributed by atoms with Gasteiger partial charge in [0.2, 0.25) is 5.88 Å². The van der Waals surface area contributed by atoms with Crippen molar-refractivity contribution in [2.75, 3.05) is 21.3 Å². The van der Waals surface area contributed by atoms with Crippen LogP contribution in [0.25, 0.3) is 22.0 Å². The van der Waals surface area contributed by atoms with Crippen molar-refractivity contribution in [2.45, 2.75) is 6.54 Å². The van der Waals surface area contributed by atoms with Crippen molar-refractivity contribution in [1.29, 1.82) is 0 Å². The number of H-pyrrole nitrogens is 1. The molecule has 0 bridgehead atoms. The van der Waals surface area contributed by atoms with Crippen LogP contribution in [0.5, 0.6) is 11.6 Å². The van der Waals surface area contributed by atoms with Crippen molar-refractivity contribution >= 4 is 22.7 Å². The van der Waals surface area contributed by atoms with Crippen molar-refractivity contribution in [1.82, 2.24) is 25.8 Å². The molecule has 0 spiro atoms. The number of hydrogen-bond donors (Lipinski definition) is 3. The first-order valence-corrected chi connectivity index (χ1v) is 10.4. The smallest absolute Gasteiger partial charge is 0.272 e. The molecule has 2 heterocycles. The van der Waals surface area contributed by atoms with E-state index < -0.39 is 17.5 Å². The van der Waals surface area contributed by atoms with Crippen molar-refractivity contribution in [3.05, 3.63) is 71.1 Å². The van der Waals surface area contributed by atoms with Gasteiger partial charge in [0.15, 0.2) is 17.3 Å². The molecular formula is C24H21F2N5O4. The minimum Gasteiger partial charge on any atom is -0.493 e. The van der Waals surface area contributed by atoms with Gasteiger partial charge in [-0.3, -0.25) is 14.7 Å². The molecule has 0 atom stereocenters. The summed E-state index contributed by atoms with van der Waals surface area (Å²) in [6.45, 7) is -0.188. The van der Waals surface area contributed by atoms with Crippen molar-refractivity contribution < 1.29 is 27.8 Å². The van der Waals surface area contributed by atoms with Gasteiger partial charge in [0.05, 0.1) is 19.7 Å². The van der Waals surface area contributed by atoms with Gasteiger partial charge in [-0.2, -0.15) is 5.10 Å². The number of carbonyl (C=O) groups is 2. The number of methoxy groups -OCH3 is 2. The molecule has 9 nitrogen and oxygen atoms in total. The number of carbonyl (C=O) groups excluding carboxylic acids is 2. The molecule has 0 radical (unpaired) electrons. The summed E-state index contributed by atoms with van der Waals surface area (Å²) in [7, 11) is 4.15. The van der Waals surface area contributed by atoms with E-state index in [1.165, 1.54) is 27.5 Å². The first kappa shape index (κ1) is 23.6. The van der Waals surface area contributed by atoms with Gasteiger partial charge in [0.25, 0.3) is 11.8 Å². The van der Waals surface area contributed by atoms with Gasteiger partial charge >= 0.3 is 0 Å². The number of halogens is 2. The van der Waals surface area contributed by atoms with Gasteiger partial charge in [-0.1, -0.05) is 6.07 Å². The van der Waals surface area contributed by atoms with E-state index in [1.807, 2.05) is 0 Å². The van der Waals surface area contributed by atoms with Crippen LogP contribution in [-0.4, -0.2) is 48.3 Å². The number of aromatic nitrogens is 3. The third-order valence-electron chi connectivity index (χ3n) is 5.36. The lowest BCUT2D eigenvalue weighted by molar-refractivity contribution is 0.0942. The molecule has 0 unspecified atom stereocenters. The van der Waals surface area contributed by atoms with Gasteiger partial charge in [-0.15, -0.1) is 0 Å². The minimum atomic E-state index is -0.869. The number of benzene rings is 2. The Morgan fingerprint density at radius 1 is 1.03 bits per heavy atom. The predicted molar refractivity (Wildman–Crippen MR) is 123 cm³/mol. The molecular weight excluding hydrogens is 460 g/mol. The second kappa shape index (κ2) is 9.75. The molecule has 0 aliphatic carbocycles. The number of fused-ring (bicyclic) bond motifs is 1. The topological polar surface area (TPSA) is 118 Å². The summed E-state index contributed by atoms with van der Waals surface area (Å²) in [5.41, 5.74) is 2.47. The number of amides is 2. The van der Waals surface area contributed by atoms with E-state index in [1.54, 1.807) is 24.3 Å². The molecule has 4 aromatic rings. The SMILES string of the molecule is CNC(=O)c1n[nH]c2cc(-c3cnc(OC)c(C(=O)NCc4cc(F)cc(F)c4OC)c3)ccc12. The molecule has 0 fully saturated rings. The zero-order chi connectivity index (χ0) is 25.1. The Morgan fingerprint density at radius 2 is 1.83 bits per heavy atom. The zero-order valence-electron chi connectivity index (χ0n) is 19.0. The molecule has 180 valence electrons. The maximum absolute atomic E-state index is 14.0. The van der Waals surface area contributed by atoms with Crippen LogP contribution in [-0.2, 0) is 6.54 Å². The quantitative estimate of drug-likeness (QED) is 0.373. The highest BCUT2D eigenvalue weighted by Gasteiger charge is 2.19. The summed E-state index contributed by atoms with van der Waals surface area (Å²) in [4.78, 5) is 29.1. The van der Waals surface area contributed by atoms with E-state index in [0.29, 0.717) is 28.1 Å². The number of hydrogen-bond acceptors (Lipinski definition) is 6. The molecule has 0 saturated carbocycles. The molecule has 35 heavy (non-hydrogen) atoms. The lowest BCUT2D eigenvalue weighted by Crippen LogP contribution is -2.24. The number of ether oxygens (including phenoxy) is 2. The summed E-state index contributed by atoms with van der Waals surface area (Å²) in [6, 6.07) is 8.67. The fraction of sp³-hybridized carbons (Fsp3) is 0.167. The van der Waals surface area contributed by atoms with E-state index in [0.717, 1.165) is 6.07 Å². The first-order chi connectivity index (χ1) is 16.9. The van der Waals surface area contributed by atoms with Crippen LogP contribution in [0.4, 0.5) is 8.78 Å². The number of pyridine rings is 1. The minimum absolute atomic E-state index is 0.0770. The third kappa shape index (κ3) is 4.60. The summed E-state index contributed by atoms with van der Waals surface area (Å²) in [5.74, 6) is -2.62. The van der Waals surface area contributed by atoms with Crippen molar-refractivity contribution in [3.8, 4) is 22.8 Å². The summed E-state index contributed by atoms with van der Waals surface area (Å²) in [6.07, 6.45) is 1.54. The van der Waals surface area contributed by atoms with Crippen molar-refractivity contribution in [2.24, 2.45) is 0 Å². The number of rotatable bonds is 7. The fourth-order valence-electron chi connectivity index (χ4n) is 3.67. The van der Waals surface area contributed by atoms with Crippen LogP contribution >= 0.6 is 0 Å². The van der Waals surface area contributed by atoms with Crippen LogP contribution in [0.1, 0.15) is 26.4 Å². The standard InChI is InChI=1S/C24H21F2N5O4/c1-27-23(33)20-16-5-4-12(8-19(16)30-31-20)13-7-17(24(35-3)29-10-13)22(32)28-11-14-6-15(25)9-18(26)21(14)34-2/h4-10H,11H2,1-3H3,(H,27,33)(H,28,32)(H,30,31). The van der Waals surface area contributed by atoms with Crippen LogP contribution < -0.4 is 20.1 Å². The van der Waals surface area contributed by atoms with E-state index in [9.17, 15) is 18.4 Å². The van der Waals surface area contributed by atoms with Crippen LogP contribution in [0, 0.1) is 11.6 Å². The van der Waals surface area contributed by atoms with Gasteiger partial charge in [-0.05, 0) is 29.8 Å². The molecule has 2 aromatic heterocycles. The summed E-state index contributed by atoms with van der Waals surface area (Å²) in [5, 5.41) is 12.7. The molecule has 0 saturated heterocycles. The predicted octanol–water partition coefficient (Wildman–Crippen LogP) is 3.21. The Kier molecular flexibility index (Phi) is 6.58.